The van der Waals surface area contributed by atoms with Gasteiger partial charge in [0.25, 0.3) is 0 Å². The average molecular weight is 419 g/mol. The van der Waals surface area contributed by atoms with Crippen LogP contribution in [-0.2, 0) is 12.8 Å². The van der Waals surface area contributed by atoms with Crippen molar-refractivity contribution in [1.29, 1.82) is 0 Å². The van der Waals surface area contributed by atoms with Gasteiger partial charge in [-0.3, -0.25) is 0 Å². The lowest BCUT2D eigenvalue weighted by Crippen LogP contribution is -2.06. The number of aromatic nitrogens is 1. The van der Waals surface area contributed by atoms with Crippen molar-refractivity contribution in [2.45, 2.75) is 19.8 Å². The number of hydrogen-bond acceptors (Lipinski definition) is 3. The molecule has 1 heterocycles. The molecule has 0 aliphatic heterocycles. The van der Waals surface area contributed by atoms with E-state index in [4.69, 9.17) is 16.6 Å². The first-order valence-electron chi connectivity index (χ1n) is 9.55. The first-order valence-corrected chi connectivity index (χ1v) is 9.96. The molecular formula is C25H19F2NOS. The quantitative estimate of drug-likeness (QED) is 0.323. The van der Waals surface area contributed by atoms with Gasteiger partial charge in [-0.2, -0.15) is 0 Å². The number of aryl methyl sites for hydroxylation is 1. The molecule has 0 saturated heterocycles. The van der Waals surface area contributed by atoms with Gasteiger partial charge in [0, 0.05) is 29.3 Å². The van der Waals surface area contributed by atoms with Crippen LogP contribution in [0.5, 0.6) is 0 Å². The molecule has 150 valence electrons. The van der Waals surface area contributed by atoms with E-state index in [0.717, 1.165) is 33.9 Å². The summed E-state index contributed by atoms with van der Waals surface area (Å²) >= 11 is 5.44. The summed E-state index contributed by atoms with van der Waals surface area (Å²) in [5.74, 6) is -0.555. The summed E-state index contributed by atoms with van der Waals surface area (Å²) < 4.78 is 32.3. The fourth-order valence-corrected chi connectivity index (χ4v) is 3.72. The van der Waals surface area contributed by atoms with E-state index in [2.05, 4.69) is 36.2 Å². The number of rotatable bonds is 6. The fraction of sp³-hybridized carbons (Fsp3) is 0.120. The zero-order chi connectivity index (χ0) is 21.1. The van der Waals surface area contributed by atoms with Crippen molar-refractivity contribution in [3.8, 4) is 22.6 Å². The molecular weight excluding hydrogens is 400 g/mol. The Kier molecular flexibility index (Phi) is 5.81. The largest absolute Gasteiger partial charge is 0.445 e. The molecule has 0 aliphatic carbocycles. The highest BCUT2D eigenvalue weighted by molar-refractivity contribution is 7.80. The average Bonchev–Trinajstić information content (AvgIpc) is 3.26. The highest BCUT2D eigenvalue weighted by Gasteiger charge is 2.10. The number of benzene rings is 3. The van der Waals surface area contributed by atoms with Crippen LogP contribution in [0.2, 0.25) is 0 Å². The Morgan fingerprint density at radius 2 is 1.70 bits per heavy atom. The highest BCUT2D eigenvalue weighted by atomic mass is 32.1. The minimum atomic E-state index is -0.583. The summed E-state index contributed by atoms with van der Waals surface area (Å²) in [6, 6.07) is 17.9. The number of nitrogens with zero attached hydrogens (tertiary/aromatic N) is 1. The van der Waals surface area contributed by atoms with E-state index in [1.165, 1.54) is 12.1 Å². The molecule has 0 bridgehead atoms. The molecule has 0 unspecified atom stereocenters. The van der Waals surface area contributed by atoms with E-state index in [1.54, 1.807) is 12.5 Å². The molecule has 0 radical (unpaired) electrons. The third-order valence-electron chi connectivity index (χ3n) is 4.99. The van der Waals surface area contributed by atoms with Gasteiger partial charge in [0.1, 0.15) is 17.9 Å². The van der Waals surface area contributed by atoms with Gasteiger partial charge in [0.2, 0.25) is 5.89 Å². The smallest absolute Gasteiger partial charge is 0.225 e. The second kappa shape index (κ2) is 8.67. The molecule has 1 aromatic heterocycles. The van der Waals surface area contributed by atoms with Crippen molar-refractivity contribution in [3.05, 3.63) is 101 Å². The molecule has 5 heteroatoms. The lowest BCUT2D eigenvalue weighted by molar-refractivity contribution is 0.574. The standard InChI is InChI=1S/C25H19F2NOS/c1-16-2-5-20(25-28-10-11-29-25)14-23(16)18-6-3-17(4-7-18)12-22(30)13-19-8-9-21(26)15-24(19)27/h2-11,14-15H,12-13H2,1H3. The van der Waals surface area contributed by atoms with Gasteiger partial charge in [-0.15, -0.1) is 0 Å². The summed E-state index contributed by atoms with van der Waals surface area (Å²) in [6.07, 6.45) is 4.05. The molecule has 30 heavy (non-hydrogen) atoms. The molecule has 2 nitrogen and oxygen atoms in total. The van der Waals surface area contributed by atoms with Crippen molar-refractivity contribution in [2.75, 3.05) is 0 Å². The fourth-order valence-electron chi connectivity index (χ4n) is 3.40. The van der Waals surface area contributed by atoms with Crippen LogP contribution in [0.4, 0.5) is 8.78 Å². The monoisotopic (exact) mass is 419 g/mol. The second-order valence-corrected chi connectivity index (χ2v) is 7.77. The van der Waals surface area contributed by atoms with Crippen LogP contribution in [-0.4, -0.2) is 9.85 Å². The molecule has 0 saturated carbocycles. The summed E-state index contributed by atoms with van der Waals surface area (Å²) in [5.41, 5.74) is 5.73. The summed E-state index contributed by atoms with van der Waals surface area (Å²) in [5, 5.41) is 0. The van der Waals surface area contributed by atoms with Crippen LogP contribution in [0.25, 0.3) is 22.6 Å². The summed E-state index contributed by atoms with van der Waals surface area (Å²) in [4.78, 5) is 4.92. The first kappa shape index (κ1) is 20.1. The Balaban J connectivity index is 1.49. The molecule has 0 fully saturated rings. The molecule has 3 aromatic carbocycles. The maximum Gasteiger partial charge on any atom is 0.225 e. The number of thiocarbonyl (C=S) groups is 1. The second-order valence-electron chi connectivity index (χ2n) is 7.19. The van der Waals surface area contributed by atoms with Gasteiger partial charge in [-0.25, -0.2) is 13.8 Å². The SMILES string of the molecule is Cc1ccc(-c2ncco2)cc1-c1ccc(CC(=S)Cc2ccc(F)cc2F)cc1. The Labute approximate surface area is 179 Å². The van der Waals surface area contributed by atoms with Crippen molar-refractivity contribution >= 4 is 17.1 Å². The maximum absolute atomic E-state index is 13.9. The van der Waals surface area contributed by atoms with Crippen LogP contribution >= 0.6 is 12.2 Å². The minimum absolute atomic E-state index is 0.306. The number of hydrogen-bond donors (Lipinski definition) is 0. The molecule has 0 amide bonds. The number of halogens is 2. The third kappa shape index (κ3) is 4.52. The molecule has 0 N–H and O–H groups in total. The van der Waals surface area contributed by atoms with Crippen molar-refractivity contribution in [3.63, 3.8) is 0 Å². The van der Waals surface area contributed by atoms with E-state index in [9.17, 15) is 8.78 Å². The van der Waals surface area contributed by atoms with Crippen LogP contribution in [0.15, 0.2) is 77.5 Å². The van der Waals surface area contributed by atoms with E-state index in [1.807, 2.05) is 18.2 Å². The lowest BCUT2D eigenvalue weighted by atomic mass is 9.96. The van der Waals surface area contributed by atoms with Crippen molar-refractivity contribution in [2.24, 2.45) is 0 Å². The topological polar surface area (TPSA) is 26.0 Å². The number of oxazole rings is 1. The van der Waals surface area contributed by atoms with Gasteiger partial charge >= 0.3 is 0 Å². The Morgan fingerprint density at radius 3 is 2.40 bits per heavy atom. The highest BCUT2D eigenvalue weighted by Crippen LogP contribution is 2.29. The van der Waals surface area contributed by atoms with Crippen molar-refractivity contribution in [1.82, 2.24) is 4.98 Å². The van der Waals surface area contributed by atoms with Gasteiger partial charge < -0.3 is 4.42 Å². The van der Waals surface area contributed by atoms with Gasteiger partial charge in [-0.1, -0.05) is 48.6 Å². The zero-order valence-electron chi connectivity index (χ0n) is 16.4. The lowest BCUT2D eigenvalue weighted by Gasteiger charge is -2.10. The van der Waals surface area contributed by atoms with Crippen LogP contribution < -0.4 is 0 Å². The van der Waals surface area contributed by atoms with E-state index in [0.29, 0.717) is 29.2 Å². The van der Waals surface area contributed by atoms with Gasteiger partial charge in [0.05, 0.1) is 6.20 Å². The molecule has 0 spiro atoms. The third-order valence-corrected chi connectivity index (χ3v) is 5.27. The minimum Gasteiger partial charge on any atom is -0.445 e. The van der Waals surface area contributed by atoms with Crippen LogP contribution in [0.1, 0.15) is 16.7 Å². The van der Waals surface area contributed by atoms with E-state index < -0.39 is 11.6 Å². The molecule has 4 rings (SSSR count). The first-order chi connectivity index (χ1) is 14.5. The zero-order valence-corrected chi connectivity index (χ0v) is 17.2. The predicted molar refractivity (Wildman–Crippen MR) is 118 cm³/mol. The van der Waals surface area contributed by atoms with E-state index >= 15 is 0 Å². The van der Waals surface area contributed by atoms with Crippen LogP contribution in [0, 0.1) is 18.6 Å². The Bertz CT molecular complexity index is 1180. The molecule has 0 aliphatic rings. The Hall–Kier alpha value is -3.18. The van der Waals surface area contributed by atoms with Gasteiger partial charge in [-0.05, 0) is 52.9 Å². The van der Waals surface area contributed by atoms with Crippen molar-refractivity contribution < 1.29 is 13.2 Å². The maximum atomic E-state index is 13.9. The molecule has 0 atom stereocenters. The molecule has 4 aromatic rings. The van der Waals surface area contributed by atoms with Gasteiger partial charge in [0.15, 0.2) is 0 Å². The normalized spacial score (nSPS) is 10.9. The predicted octanol–water partition coefficient (Wildman–Crippen LogP) is 6.75. The Morgan fingerprint density at radius 1 is 0.933 bits per heavy atom. The van der Waals surface area contributed by atoms with Crippen LogP contribution in [0.3, 0.4) is 0 Å². The summed E-state index contributed by atoms with van der Waals surface area (Å²) in [7, 11) is 0. The summed E-state index contributed by atoms with van der Waals surface area (Å²) in [6.45, 7) is 2.06. The van der Waals surface area contributed by atoms with E-state index in [-0.39, 0.29) is 0 Å².